The van der Waals surface area contributed by atoms with E-state index in [0.717, 1.165) is 32.8 Å². The Morgan fingerprint density at radius 2 is 1.07 bits per heavy atom. The van der Waals surface area contributed by atoms with Gasteiger partial charge >= 0.3 is 12.2 Å². The molecule has 56 heavy (non-hydrogen) atoms. The number of carbonyl (C=O) groups excluding carboxylic acids is 4. The summed E-state index contributed by atoms with van der Waals surface area (Å²) in [6, 6.07) is 38.3. The molecule has 0 aliphatic rings. The van der Waals surface area contributed by atoms with E-state index in [-0.39, 0.29) is 23.9 Å². The van der Waals surface area contributed by atoms with E-state index in [2.05, 4.69) is 10.6 Å². The van der Waals surface area contributed by atoms with Crippen LogP contribution in [0.5, 0.6) is 11.5 Å². The number of hydrogen-bond donors (Lipinski definition) is 2. The number of likely N-dealkylation sites (N-methyl/N-ethyl adjacent to an activating group) is 1. The van der Waals surface area contributed by atoms with Crippen molar-refractivity contribution in [1.29, 1.82) is 0 Å². The topological polar surface area (TPSA) is 117 Å². The fourth-order valence-corrected chi connectivity index (χ4v) is 6.65. The lowest BCUT2D eigenvalue weighted by atomic mass is 10.0. The van der Waals surface area contributed by atoms with Crippen LogP contribution in [0.15, 0.2) is 127 Å². The molecule has 6 aromatic rings. The average molecular weight is 751 g/mol. The van der Waals surface area contributed by atoms with Crippen LogP contribution in [0.4, 0.5) is 21.0 Å². The first-order valence-corrected chi connectivity index (χ1v) is 18.8. The maximum atomic E-state index is 13.2. The fourth-order valence-electron chi connectivity index (χ4n) is 6.65. The number of nitrogens with zero attached hydrogens (tertiary/aromatic N) is 2. The molecule has 10 nitrogen and oxygen atoms in total. The number of fused-ring (bicyclic) bond motifs is 2. The molecule has 6 rings (SSSR count). The number of benzene rings is 6. The van der Waals surface area contributed by atoms with Gasteiger partial charge in [-0.1, -0.05) is 66.7 Å². The van der Waals surface area contributed by atoms with E-state index in [1.165, 1.54) is 0 Å². The Labute approximate surface area is 327 Å². The Bertz CT molecular complexity index is 2340. The highest BCUT2D eigenvalue weighted by atomic mass is 16.6. The van der Waals surface area contributed by atoms with E-state index < -0.39 is 12.2 Å². The van der Waals surface area contributed by atoms with Crippen molar-refractivity contribution in [3.8, 4) is 11.5 Å². The Kier molecular flexibility index (Phi) is 12.3. The third-order valence-corrected chi connectivity index (χ3v) is 9.51. The summed E-state index contributed by atoms with van der Waals surface area (Å²) < 4.78 is 11.2. The number of ether oxygens (including phenoxy) is 2. The van der Waals surface area contributed by atoms with Crippen LogP contribution >= 0.6 is 0 Å². The molecule has 0 heterocycles. The summed E-state index contributed by atoms with van der Waals surface area (Å²) in [6.45, 7) is 10.5. The third kappa shape index (κ3) is 9.33. The first kappa shape index (κ1) is 39.0. The van der Waals surface area contributed by atoms with Gasteiger partial charge in [-0.15, -0.1) is 0 Å². The van der Waals surface area contributed by atoms with Gasteiger partial charge < -0.3 is 29.9 Å². The lowest BCUT2D eigenvalue weighted by Crippen LogP contribution is -2.43. The van der Waals surface area contributed by atoms with Crippen LogP contribution in [0.3, 0.4) is 0 Å². The second-order valence-corrected chi connectivity index (χ2v) is 14.0. The summed E-state index contributed by atoms with van der Waals surface area (Å²) in [5, 5.41) is 9.78. The van der Waals surface area contributed by atoms with Gasteiger partial charge in [0.2, 0.25) is 0 Å². The molecule has 10 heteroatoms. The summed E-state index contributed by atoms with van der Waals surface area (Å²) in [6.07, 6.45) is -0.329. The molecule has 2 N–H and O–H groups in total. The highest BCUT2D eigenvalue weighted by Gasteiger charge is 2.22. The van der Waals surface area contributed by atoms with Gasteiger partial charge in [0, 0.05) is 58.4 Å². The molecule has 0 fully saturated rings. The third-order valence-electron chi connectivity index (χ3n) is 9.51. The van der Waals surface area contributed by atoms with E-state index in [9.17, 15) is 19.2 Å². The van der Waals surface area contributed by atoms with Gasteiger partial charge in [0.15, 0.2) is 0 Å². The molecule has 0 aliphatic carbocycles. The number of hydrogen-bond acceptors (Lipinski definition) is 6. The number of carbonyl (C=O) groups is 4. The highest BCUT2D eigenvalue weighted by molar-refractivity contribution is 6.10. The maximum Gasteiger partial charge on any atom is 0.415 e. The largest absolute Gasteiger partial charge is 0.415 e. The summed E-state index contributed by atoms with van der Waals surface area (Å²) in [7, 11) is 0. The van der Waals surface area contributed by atoms with Crippen molar-refractivity contribution >= 4 is 56.9 Å². The van der Waals surface area contributed by atoms with Gasteiger partial charge in [0.05, 0.1) is 0 Å². The predicted octanol–water partition coefficient (Wildman–Crippen LogP) is 10.2. The Balaban J connectivity index is 1.03. The Hall–Kier alpha value is -6.68. The van der Waals surface area contributed by atoms with Gasteiger partial charge in [0.1, 0.15) is 11.5 Å². The predicted molar refractivity (Wildman–Crippen MR) is 222 cm³/mol. The molecule has 0 radical (unpaired) electrons. The fraction of sp³-hybridized carbons (Fsp3) is 0.217. The maximum absolute atomic E-state index is 13.2. The molecule has 0 bridgehead atoms. The zero-order valence-electron chi connectivity index (χ0n) is 32.2. The number of amides is 4. The Morgan fingerprint density at radius 3 is 1.62 bits per heavy atom. The number of anilines is 2. The van der Waals surface area contributed by atoms with Crippen LogP contribution in [0.1, 0.15) is 60.9 Å². The Morgan fingerprint density at radius 1 is 0.571 bits per heavy atom. The van der Waals surface area contributed by atoms with Crippen molar-refractivity contribution in [1.82, 2.24) is 9.80 Å². The molecule has 4 amide bonds. The van der Waals surface area contributed by atoms with Gasteiger partial charge in [0.25, 0.3) is 11.8 Å². The van der Waals surface area contributed by atoms with E-state index in [1.807, 2.05) is 113 Å². The molecule has 6 aromatic carbocycles. The van der Waals surface area contributed by atoms with E-state index in [0.29, 0.717) is 47.8 Å². The van der Waals surface area contributed by atoms with Crippen molar-refractivity contribution < 1.29 is 28.7 Å². The van der Waals surface area contributed by atoms with Gasteiger partial charge in [-0.05, 0) is 118 Å². The van der Waals surface area contributed by atoms with Gasteiger partial charge in [-0.2, -0.15) is 0 Å². The van der Waals surface area contributed by atoms with Crippen molar-refractivity contribution in [3.05, 3.63) is 144 Å². The smallest absolute Gasteiger partial charge is 0.410 e. The van der Waals surface area contributed by atoms with Crippen LogP contribution in [-0.4, -0.2) is 59.0 Å². The zero-order valence-corrected chi connectivity index (χ0v) is 32.2. The van der Waals surface area contributed by atoms with Crippen molar-refractivity contribution in [3.63, 3.8) is 0 Å². The van der Waals surface area contributed by atoms with Gasteiger partial charge in [-0.25, -0.2) is 9.59 Å². The minimum atomic E-state index is -0.481. The lowest BCUT2D eigenvalue weighted by Gasteiger charge is -2.29. The van der Waals surface area contributed by atoms with Crippen LogP contribution in [-0.2, 0) is 6.42 Å². The summed E-state index contributed by atoms with van der Waals surface area (Å²) in [4.78, 5) is 55.3. The van der Waals surface area contributed by atoms with Crippen LogP contribution < -0.4 is 20.1 Å². The second-order valence-electron chi connectivity index (χ2n) is 14.0. The number of nitrogens with one attached hydrogen (secondary N) is 2. The SMILES string of the molecule is CCN(CCc1ccc2c(NC(=O)c3ccc(OC(=O)N(C(C)C)C(C)C)cc3)cccc2c1)C(=O)Oc1ccc(C(=O)Nc2cccc3ccccc23)cc1. The van der Waals surface area contributed by atoms with Gasteiger partial charge in [-0.3, -0.25) is 9.59 Å². The molecule has 0 saturated heterocycles. The highest BCUT2D eigenvalue weighted by Crippen LogP contribution is 2.27. The molecular weight excluding hydrogens is 705 g/mol. The average Bonchev–Trinajstić information content (AvgIpc) is 3.18. The quantitative estimate of drug-likeness (QED) is 0.129. The minimum absolute atomic E-state index is 0.0129. The molecule has 0 atom stereocenters. The summed E-state index contributed by atoms with van der Waals surface area (Å²) >= 11 is 0. The molecule has 0 unspecified atom stereocenters. The molecular formula is C46H46N4O6. The molecule has 0 saturated carbocycles. The standard InChI is InChI=1S/C46H46N4O6/c1-6-49(45(53)55-37-22-18-34(19-23-37)43(51)47-41-15-9-12-33-11-7-8-14-39(33)41)28-27-32-17-26-40-36(29-32)13-10-16-42(40)48-44(52)35-20-24-38(25-21-35)56-46(54)50(30(2)3)31(4)5/h7-26,29-31H,6,27-28H2,1-5H3,(H,47,51)(H,48,52). The molecule has 0 aliphatic heterocycles. The summed E-state index contributed by atoms with van der Waals surface area (Å²) in [5.74, 6) is 0.153. The zero-order chi connectivity index (χ0) is 39.8. The number of rotatable bonds is 12. The first-order valence-electron chi connectivity index (χ1n) is 18.8. The van der Waals surface area contributed by atoms with Crippen LogP contribution in [0, 0.1) is 0 Å². The van der Waals surface area contributed by atoms with E-state index >= 15 is 0 Å². The first-order chi connectivity index (χ1) is 27.0. The van der Waals surface area contributed by atoms with Crippen molar-refractivity contribution in [2.45, 2.75) is 53.1 Å². The minimum Gasteiger partial charge on any atom is -0.410 e. The monoisotopic (exact) mass is 750 g/mol. The second kappa shape index (κ2) is 17.6. The van der Waals surface area contributed by atoms with E-state index in [4.69, 9.17) is 9.47 Å². The molecule has 0 aromatic heterocycles. The normalized spacial score (nSPS) is 11.1. The molecule has 0 spiro atoms. The van der Waals surface area contributed by atoms with Crippen molar-refractivity contribution in [2.24, 2.45) is 0 Å². The van der Waals surface area contributed by atoms with Crippen molar-refractivity contribution in [2.75, 3.05) is 23.7 Å². The van der Waals surface area contributed by atoms with Crippen LogP contribution in [0.2, 0.25) is 0 Å². The van der Waals surface area contributed by atoms with E-state index in [1.54, 1.807) is 58.3 Å². The molecule has 286 valence electrons. The van der Waals surface area contributed by atoms with Crippen LogP contribution in [0.25, 0.3) is 21.5 Å². The lowest BCUT2D eigenvalue weighted by molar-refractivity contribution is 0.101. The summed E-state index contributed by atoms with van der Waals surface area (Å²) in [5.41, 5.74) is 3.27.